The molecule has 1 amide bonds. The summed E-state index contributed by atoms with van der Waals surface area (Å²) in [6, 6.07) is 4.12. The molecule has 0 bridgehead atoms. The second-order valence-electron chi connectivity index (χ2n) is 4.37. The summed E-state index contributed by atoms with van der Waals surface area (Å²) in [5.74, 6) is -2.56. The Bertz CT molecular complexity index is 683. The maximum Gasteiger partial charge on any atom is 0.419 e. The standard InChI is InChI=1S/C14H10F4N2O/c1-8-5-9(7-19-6-8)20-13(21)10-3-2-4-11(12(10)15)14(16,17)18/h2-7H,1H3,(H,20,21). The van der Waals surface area contributed by atoms with E-state index in [0.717, 1.165) is 17.7 Å². The van der Waals surface area contributed by atoms with E-state index in [9.17, 15) is 22.4 Å². The van der Waals surface area contributed by atoms with Crippen LogP contribution in [0.25, 0.3) is 0 Å². The number of carbonyl (C=O) groups is 1. The largest absolute Gasteiger partial charge is 0.419 e. The lowest BCUT2D eigenvalue weighted by Crippen LogP contribution is -2.17. The first kappa shape index (κ1) is 15.0. The molecule has 1 aromatic heterocycles. The van der Waals surface area contributed by atoms with Crippen LogP contribution in [-0.2, 0) is 6.18 Å². The summed E-state index contributed by atoms with van der Waals surface area (Å²) in [5.41, 5.74) is -1.13. The van der Waals surface area contributed by atoms with E-state index in [4.69, 9.17) is 0 Å². The number of aromatic nitrogens is 1. The average molecular weight is 298 g/mol. The molecule has 0 aliphatic heterocycles. The van der Waals surface area contributed by atoms with Crippen LogP contribution >= 0.6 is 0 Å². The Kier molecular flexibility index (Phi) is 3.93. The van der Waals surface area contributed by atoms with Crippen molar-refractivity contribution in [2.24, 2.45) is 0 Å². The van der Waals surface area contributed by atoms with E-state index in [-0.39, 0.29) is 5.69 Å². The Morgan fingerprint density at radius 1 is 1.24 bits per heavy atom. The van der Waals surface area contributed by atoms with Crippen molar-refractivity contribution in [3.8, 4) is 0 Å². The maximum absolute atomic E-state index is 13.8. The number of benzene rings is 1. The van der Waals surface area contributed by atoms with Gasteiger partial charge in [-0.3, -0.25) is 9.78 Å². The molecule has 2 rings (SSSR count). The van der Waals surface area contributed by atoms with Crippen LogP contribution in [0, 0.1) is 12.7 Å². The molecule has 3 nitrogen and oxygen atoms in total. The third-order valence-electron chi connectivity index (χ3n) is 2.68. The quantitative estimate of drug-likeness (QED) is 0.857. The van der Waals surface area contributed by atoms with Crippen LogP contribution in [0.2, 0.25) is 0 Å². The van der Waals surface area contributed by atoms with Gasteiger partial charge in [0.05, 0.1) is 23.0 Å². The fraction of sp³-hybridized carbons (Fsp3) is 0.143. The second kappa shape index (κ2) is 5.51. The number of halogens is 4. The lowest BCUT2D eigenvalue weighted by Gasteiger charge is -2.11. The van der Waals surface area contributed by atoms with Crippen molar-refractivity contribution >= 4 is 11.6 Å². The average Bonchev–Trinajstić information content (AvgIpc) is 2.37. The first-order valence-corrected chi connectivity index (χ1v) is 5.88. The van der Waals surface area contributed by atoms with Crippen LogP contribution in [0.5, 0.6) is 0 Å². The number of hydrogen-bond donors (Lipinski definition) is 1. The van der Waals surface area contributed by atoms with Gasteiger partial charge in [-0.25, -0.2) is 4.39 Å². The van der Waals surface area contributed by atoms with Crippen LogP contribution in [0.3, 0.4) is 0 Å². The van der Waals surface area contributed by atoms with Gasteiger partial charge >= 0.3 is 6.18 Å². The normalized spacial score (nSPS) is 11.3. The van der Waals surface area contributed by atoms with Gasteiger partial charge in [0, 0.05) is 6.20 Å². The Morgan fingerprint density at radius 3 is 2.57 bits per heavy atom. The minimum atomic E-state index is -4.86. The van der Waals surface area contributed by atoms with Gasteiger partial charge in [0.25, 0.3) is 5.91 Å². The Balaban J connectivity index is 2.32. The number of aryl methyl sites for hydroxylation is 1. The van der Waals surface area contributed by atoms with E-state index in [1.807, 2.05) is 0 Å². The van der Waals surface area contributed by atoms with Gasteiger partial charge in [0.1, 0.15) is 5.82 Å². The minimum Gasteiger partial charge on any atom is -0.320 e. The maximum atomic E-state index is 13.8. The summed E-state index contributed by atoms with van der Waals surface area (Å²) in [6.45, 7) is 1.73. The predicted molar refractivity (Wildman–Crippen MR) is 68.3 cm³/mol. The van der Waals surface area contributed by atoms with E-state index >= 15 is 0 Å². The third-order valence-corrected chi connectivity index (χ3v) is 2.68. The van der Waals surface area contributed by atoms with Crippen molar-refractivity contribution < 1.29 is 22.4 Å². The fourth-order valence-corrected chi connectivity index (χ4v) is 1.75. The van der Waals surface area contributed by atoms with Crippen molar-refractivity contribution in [3.63, 3.8) is 0 Å². The van der Waals surface area contributed by atoms with Gasteiger partial charge in [-0.2, -0.15) is 13.2 Å². The molecule has 0 saturated heterocycles. The molecule has 1 N–H and O–H groups in total. The number of anilines is 1. The Morgan fingerprint density at radius 2 is 1.95 bits per heavy atom. The first-order chi connectivity index (χ1) is 9.79. The molecule has 7 heteroatoms. The number of hydrogen-bond acceptors (Lipinski definition) is 2. The molecule has 0 aliphatic carbocycles. The molecule has 0 fully saturated rings. The molecule has 0 aliphatic rings. The lowest BCUT2D eigenvalue weighted by atomic mass is 10.1. The zero-order valence-corrected chi connectivity index (χ0v) is 10.8. The SMILES string of the molecule is Cc1cncc(NC(=O)c2cccc(C(F)(F)F)c2F)c1. The highest BCUT2D eigenvalue weighted by Gasteiger charge is 2.35. The van der Waals surface area contributed by atoms with Crippen molar-refractivity contribution in [2.75, 3.05) is 5.32 Å². The van der Waals surface area contributed by atoms with Gasteiger partial charge < -0.3 is 5.32 Å². The lowest BCUT2D eigenvalue weighted by molar-refractivity contribution is -0.140. The van der Waals surface area contributed by atoms with Crippen LogP contribution < -0.4 is 5.32 Å². The third kappa shape index (κ3) is 3.36. The van der Waals surface area contributed by atoms with Gasteiger partial charge in [0.2, 0.25) is 0 Å². The molecule has 0 spiro atoms. The van der Waals surface area contributed by atoms with E-state index in [1.54, 1.807) is 19.2 Å². The van der Waals surface area contributed by atoms with Crippen molar-refractivity contribution in [3.05, 3.63) is 59.2 Å². The van der Waals surface area contributed by atoms with Crippen molar-refractivity contribution in [1.82, 2.24) is 4.98 Å². The summed E-state index contributed by atoms with van der Waals surface area (Å²) in [4.78, 5) is 15.7. The molecule has 0 atom stereocenters. The topological polar surface area (TPSA) is 42.0 Å². The van der Waals surface area contributed by atoms with Gasteiger partial charge in [0.15, 0.2) is 0 Å². The number of pyridine rings is 1. The summed E-state index contributed by atoms with van der Waals surface area (Å²) in [6.07, 6.45) is -2.00. The van der Waals surface area contributed by atoms with E-state index in [1.165, 1.54) is 6.20 Å². The van der Waals surface area contributed by atoms with Crippen molar-refractivity contribution in [1.29, 1.82) is 0 Å². The van der Waals surface area contributed by atoms with Gasteiger partial charge in [-0.1, -0.05) is 6.07 Å². The molecular formula is C14H10F4N2O. The van der Waals surface area contributed by atoms with E-state index in [0.29, 0.717) is 6.07 Å². The van der Waals surface area contributed by atoms with Gasteiger partial charge in [-0.05, 0) is 30.7 Å². The number of nitrogens with one attached hydrogen (secondary N) is 1. The van der Waals surface area contributed by atoms with Crippen LogP contribution in [0.15, 0.2) is 36.7 Å². The molecule has 0 radical (unpaired) electrons. The fourth-order valence-electron chi connectivity index (χ4n) is 1.75. The highest BCUT2D eigenvalue weighted by molar-refractivity contribution is 6.04. The van der Waals surface area contributed by atoms with Crippen molar-refractivity contribution in [2.45, 2.75) is 13.1 Å². The Hall–Kier alpha value is -2.44. The van der Waals surface area contributed by atoms with E-state index < -0.39 is 29.0 Å². The summed E-state index contributed by atoms with van der Waals surface area (Å²) in [5, 5.41) is 2.31. The van der Waals surface area contributed by atoms with Crippen LogP contribution in [0.4, 0.5) is 23.2 Å². The van der Waals surface area contributed by atoms with Crippen LogP contribution in [0.1, 0.15) is 21.5 Å². The molecule has 0 saturated carbocycles. The van der Waals surface area contributed by atoms with Crippen LogP contribution in [-0.4, -0.2) is 10.9 Å². The summed E-state index contributed by atoms with van der Waals surface area (Å²) < 4.78 is 51.6. The molecule has 21 heavy (non-hydrogen) atoms. The number of carbonyl (C=O) groups excluding carboxylic acids is 1. The molecule has 1 aromatic carbocycles. The van der Waals surface area contributed by atoms with E-state index in [2.05, 4.69) is 10.3 Å². The highest BCUT2D eigenvalue weighted by atomic mass is 19.4. The number of alkyl halides is 3. The molecule has 2 aromatic rings. The number of amides is 1. The zero-order valence-electron chi connectivity index (χ0n) is 10.8. The monoisotopic (exact) mass is 298 g/mol. The summed E-state index contributed by atoms with van der Waals surface area (Å²) in [7, 11) is 0. The predicted octanol–water partition coefficient (Wildman–Crippen LogP) is 3.80. The first-order valence-electron chi connectivity index (χ1n) is 5.88. The summed E-state index contributed by atoms with van der Waals surface area (Å²) >= 11 is 0. The minimum absolute atomic E-state index is 0.275. The zero-order chi connectivity index (χ0) is 15.6. The molecule has 1 heterocycles. The molecule has 110 valence electrons. The second-order valence-corrected chi connectivity index (χ2v) is 4.37. The molecular weight excluding hydrogens is 288 g/mol. The molecule has 0 unspecified atom stereocenters. The highest BCUT2D eigenvalue weighted by Crippen LogP contribution is 2.32. The smallest absolute Gasteiger partial charge is 0.320 e. The Labute approximate surface area is 117 Å². The number of rotatable bonds is 2. The number of nitrogens with zero attached hydrogens (tertiary/aromatic N) is 1. The van der Waals surface area contributed by atoms with Gasteiger partial charge in [-0.15, -0.1) is 0 Å².